The summed E-state index contributed by atoms with van der Waals surface area (Å²) in [4.78, 5) is 27.3. The van der Waals surface area contributed by atoms with E-state index in [0.29, 0.717) is 41.4 Å². The summed E-state index contributed by atoms with van der Waals surface area (Å²) in [7, 11) is 1.57. The number of Topliss-reactive ketones (excluding diaryl/α,β-unsaturated/α-hetero) is 1. The molecule has 1 amide bonds. The molecular weight excluding hydrogens is 428 g/mol. The van der Waals surface area contributed by atoms with Crippen LogP contribution in [0.15, 0.2) is 71.1 Å². The van der Waals surface area contributed by atoms with E-state index in [1.165, 1.54) is 0 Å². The second-order valence-corrected chi connectivity index (χ2v) is 9.56. The number of rotatable bonds is 6. The normalized spacial score (nSPS) is 19.3. The molecule has 2 N–H and O–H groups in total. The van der Waals surface area contributed by atoms with E-state index in [1.807, 2.05) is 50.2 Å². The van der Waals surface area contributed by atoms with Crippen LogP contribution in [0.2, 0.25) is 0 Å². The summed E-state index contributed by atoms with van der Waals surface area (Å²) in [6.07, 6.45) is 1.17. The minimum absolute atomic E-state index is 0.0603. The molecule has 6 heteroatoms. The highest BCUT2D eigenvalue weighted by atomic mass is 16.5. The van der Waals surface area contributed by atoms with E-state index in [4.69, 9.17) is 9.47 Å². The maximum absolute atomic E-state index is 13.8. The molecule has 1 unspecified atom stereocenters. The van der Waals surface area contributed by atoms with Gasteiger partial charge in [-0.2, -0.15) is 0 Å². The number of allylic oxidation sites excluding steroid dienone is 3. The molecule has 1 heterocycles. The molecule has 0 fully saturated rings. The number of ketones is 1. The van der Waals surface area contributed by atoms with E-state index >= 15 is 0 Å². The van der Waals surface area contributed by atoms with Crippen molar-refractivity contribution in [3.05, 3.63) is 76.6 Å². The van der Waals surface area contributed by atoms with Crippen molar-refractivity contribution >= 4 is 17.4 Å². The SMILES string of the molecule is CCOc1ccccc1C1C(C(=O)Nc2ccccc2OC)=C(C)NC2=C1C(=O)CC(C)(C)C2. The summed E-state index contributed by atoms with van der Waals surface area (Å²) in [6.45, 7) is 8.50. The first-order valence-electron chi connectivity index (χ1n) is 11.7. The lowest BCUT2D eigenvalue weighted by Crippen LogP contribution is -2.39. The second kappa shape index (κ2) is 9.37. The first kappa shape index (κ1) is 23.6. The van der Waals surface area contributed by atoms with Gasteiger partial charge in [0.15, 0.2) is 5.78 Å². The summed E-state index contributed by atoms with van der Waals surface area (Å²) in [5, 5.41) is 6.41. The molecule has 6 nitrogen and oxygen atoms in total. The van der Waals surface area contributed by atoms with E-state index in [2.05, 4.69) is 24.5 Å². The fourth-order valence-electron chi connectivity index (χ4n) is 4.99. The van der Waals surface area contributed by atoms with Gasteiger partial charge in [0.25, 0.3) is 5.91 Å². The van der Waals surface area contributed by atoms with Gasteiger partial charge in [-0.25, -0.2) is 0 Å². The number of carbonyl (C=O) groups is 2. The molecule has 1 aliphatic carbocycles. The molecule has 2 aromatic rings. The van der Waals surface area contributed by atoms with Crippen LogP contribution in [0.25, 0.3) is 0 Å². The van der Waals surface area contributed by atoms with Crippen molar-refractivity contribution in [3.8, 4) is 11.5 Å². The van der Waals surface area contributed by atoms with Crippen LogP contribution >= 0.6 is 0 Å². The van der Waals surface area contributed by atoms with Crippen molar-refractivity contribution < 1.29 is 19.1 Å². The predicted molar refractivity (Wildman–Crippen MR) is 133 cm³/mol. The zero-order chi connectivity index (χ0) is 24.5. The topological polar surface area (TPSA) is 76.7 Å². The molecule has 0 aromatic heterocycles. The minimum atomic E-state index is -0.530. The third-order valence-corrected chi connectivity index (χ3v) is 6.37. The maximum atomic E-state index is 13.8. The zero-order valence-electron chi connectivity index (χ0n) is 20.5. The minimum Gasteiger partial charge on any atom is -0.495 e. The molecule has 0 bridgehead atoms. The van der Waals surface area contributed by atoms with Gasteiger partial charge in [-0.05, 0) is 43.9 Å². The Bertz CT molecular complexity index is 1190. The van der Waals surface area contributed by atoms with Crippen LogP contribution in [0.4, 0.5) is 5.69 Å². The average molecular weight is 461 g/mol. The summed E-state index contributed by atoms with van der Waals surface area (Å²) in [6, 6.07) is 14.9. The van der Waals surface area contributed by atoms with Crippen molar-refractivity contribution in [1.29, 1.82) is 0 Å². The lowest BCUT2D eigenvalue weighted by atomic mass is 9.68. The Balaban J connectivity index is 1.85. The number of nitrogens with one attached hydrogen (secondary N) is 2. The Morgan fingerprint density at radius 2 is 1.76 bits per heavy atom. The van der Waals surface area contributed by atoms with Crippen molar-refractivity contribution in [2.24, 2.45) is 5.41 Å². The molecule has 0 saturated carbocycles. The Morgan fingerprint density at radius 3 is 2.47 bits per heavy atom. The van der Waals surface area contributed by atoms with Crippen LogP contribution in [0.5, 0.6) is 11.5 Å². The molecule has 0 radical (unpaired) electrons. The Labute approximate surface area is 201 Å². The maximum Gasteiger partial charge on any atom is 0.254 e. The van der Waals surface area contributed by atoms with E-state index < -0.39 is 5.92 Å². The van der Waals surface area contributed by atoms with E-state index in [1.54, 1.807) is 19.2 Å². The van der Waals surface area contributed by atoms with Crippen LogP contribution in [-0.4, -0.2) is 25.4 Å². The molecule has 2 aliphatic rings. The van der Waals surface area contributed by atoms with Gasteiger partial charge in [0, 0.05) is 34.5 Å². The smallest absolute Gasteiger partial charge is 0.254 e. The number of methoxy groups -OCH3 is 1. The monoisotopic (exact) mass is 460 g/mol. The molecule has 4 rings (SSSR count). The van der Waals surface area contributed by atoms with Crippen molar-refractivity contribution in [2.45, 2.75) is 46.5 Å². The van der Waals surface area contributed by atoms with Gasteiger partial charge in [-0.3, -0.25) is 9.59 Å². The van der Waals surface area contributed by atoms with Gasteiger partial charge in [0.2, 0.25) is 0 Å². The Hall–Kier alpha value is -3.54. The molecule has 2 aromatic carbocycles. The quantitative estimate of drug-likeness (QED) is 0.609. The van der Waals surface area contributed by atoms with Crippen molar-refractivity contribution in [1.82, 2.24) is 5.32 Å². The van der Waals surface area contributed by atoms with Gasteiger partial charge in [-0.1, -0.05) is 44.2 Å². The second-order valence-electron chi connectivity index (χ2n) is 9.56. The zero-order valence-corrected chi connectivity index (χ0v) is 20.5. The van der Waals surface area contributed by atoms with E-state index in [-0.39, 0.29) is 17.1 Å². The highest BCUT2D eigenvalue weighted by Gasteiger charge is 2.43. The van der Waals surface area contributed by atoms with E-state index in [9.17, 15) is 9.59 Å². The number of carbonyl (C=O) groups excluding carboxylic acids is 2. The van der Waals surface area contributed by atoms with Crippen LogP contribution < -0.4 is 20.1 Å². The third-order valence-electron chi connectivity index (χ3n) is 6.37. The van der Waals surface area contributed by atoms with Gasteiger partial charge >= 0.3 is 0 Å². The summed E-state index contributed by atoms with van der Waals surface area (Å²) in [5.41, 5.74) is 4.02. The summed E-state index contributed by atoms with van der Waals surface area (Å²) >= 11 is 0. The molecule has 1 aliphatic heterocycles. The summed E-state index contributed by atoms with van der Waals surface area (Å²) < 4.78 is 11.4. The van der Waals surface area contributed by atoms with Crippen molar-refractivity contribution in [2.75, 3.05) is 19.0 Å². The molecule has 178 valence electrons. The number of amides is 1. The lowest BCUT2D eigenvalue weighted by Gasteiger charge is -2.40. The molecule has 1 atom stereocenters. The molecule has 0 saturated heterocycles. The highest BCUT2D eigenvalue weighted by molar-refractivity contribution is 6.10. The summed E-state index contributed by atoms with van der Waals surface area (Å²) in [5.74, 6) is 0.494. The van der Waals surface area contributed by atoms with Gasteiger partial charge in [0.1, 0.15) is 11.5 Å². The molecular formula is C28H32N2O4. The van der Waals surface area contributed by atoms with Gasteiger partial charge in [0.05, 0.1) is 25.3 Å². The Morgan fingerprint density at radius 1 is 1.09 bits per heavy atom. The fourth-order valence-corrected chi connectivity index (χ4v) is 4.99. The highest BCUT2D eigenvalue weighted by Crippen LogP contribution is 2.48. The Kier molecular flexibility index (Phi) is 6.51. The van der Waals surface area contributed by atoms with Gasteiger partial charge < -0.3 is 20.1 Å². The van der Waals surface area contributed by atoms with Crippen LogP contribution in [0.3, 0.4) is 0 Å². The number of anilines is 1. The predicted octanol–water partition coefficient (Wildman–Crippen LogP) is 5.34. The number of benzene rings is 2. The molecule has 0 spiro atoms. The standard InChI is InChI=1S/C28H32N2O4/c1-6-34-22-13-9-7-11-18(22)25-24(27(32)30-19-12-8-10-14-23(19)33-5)17(2)29-20-15-28(3,4)16-21(31)26(20)25/h7-14,25,29H,6,15-16H2,1-5H3,(H,30,32). The average Bonchev–Trinajstić information content (AvgIpc) is 2.78. The molecule has 34 heavy (non-hydrogen) atoms. The first-order chi connectivity index (χ1) is 16.3. The van der Waals surface area contributed by atoms with Crippen LogP contribution in [-0.2, 0) is 9.59 Å². The number of dihydropyridines is 1. The third kappa shape index (κ3) is 4.45. The van der Waals surface area contributed by atoms with Crippen LogP contribution in [0, 0.1) is 5.41 Å². The van der Waals surface area contributed by atoms with E-state index in [0.717, 1.165) is 23.4 Å². The number of para-hydroxylation sites is 3. The number of ether oxygens (including phenoxy) is 2. The largest absolute Gasteiger partial charge is 0.495 e. The first-order valence-corrected chi connectivity index (χ1v) is 11.7. The van der Waals surface area contributed by atoms with Gasteiger partial charge in [-0.15, -0.1) is 0 Å². The van der Waals surface area contributed by atoms with Crippen LogP contribution in [0.1, 0.15) is 52.0 Å². The number of hydrogen-bond donors (Lipinski definition) is 2. The lowest BCUT2D eigenvalue weighted by molar-refractivity contribution is -0.118. The van der Waals surface area contributed by atoms with Crippen molar-refractivity contribution in [3.63, 3.8) is 0 Å². The number of hydrogen-bond acceptors (Lipinski definition) is 5. The fraction of sp³-hybridized carbons (Fsp3) is 0.357.